The second-order valence-electron chi connectivity index (χ2n) is 10.6. The van der Waals surface area contributed by atoms with Crippen LogP contribution in [0, 0.1) is 0 Å². The van der Waals surface area contributed by atoms with Crippen LogP contribution in [0.25, 0.3) is 16.8 Å². The van der Waals surface area contributed by atoms with Crippen LogP contribution >= 0.6 is 35.1 Å². The number of carbonyl (C=O) groups excluding carboxylic acids is 3. The molecule has 1 aromatic heterocycles. The van der Waals surface area contributed by atoms with Crippen molar-refractivity contribution in [3.8, 4) is 0 Å². The molecule has 3 N–H and O–H groups in total. The van der Waals surface area contributed by atoms with Gasteiger partial charge in [-0.25, -0.2) is 0 Å². The number of thioether (sulfide) groups is 2. The highest BCUT2D eigenvalue weighted by Gasteiger charge is 2.24. The van der Waals surface area contributed by atoms with Crippen molar-refractivity contribution in [3.63, 3.8) is 0 Å². The van der Waals surface area contributed by atoms with E-state index < -0.39 is 17.1 Å². The summed E-state index contributed by atoms with van der Waals surface area (Å²) < 4.78 is 4.30. The maximum absolute atomic E-state index is 13.7. The van der Waals surface area contributed by atoms with Crippen LogP contribution in [-0.2, 0) is 9.59 Å². The van der Waals surface area contributed by atoms with Gasteiger partial charge in [-0.2, -0.15) is 9.36 Å². The second kappa shape index (κ2) is 16.2. The van der Waals surface area contributed by atoms with Crippen LogP contribution in [0.5, 0.6) is 0 Å². The third kappa shape index (κ3) is 8.82. The van der Waals surface area contributed by atoms with Gasteiger partial charge in [0.25, 0.3) is 11.8 Å². The van der Waals surface area contributed by atoms with E-state index in [1.807, 2.05) is 97.9 Å². The van der Waals surface area contributed by atoms with Crippen LogP contribution in [0.1, 0.15) is 33.7 Å². The van der Waals surface area contributed by atoms with Gasteiger partial charge in [-0.15, -0.1) is 11.8 Å². The summed E-state index contributed by atoms with van der Waals surface area (Å²) in [6.45, 7) is 2.02. The maximum Gasteiger partial charge on any atom is 0.272 e. The number of rotatable bonds is 12. The van der Waals surface area contributed by atoms with E-state index in [0.717, 1.165) is 44.1 Å². The third-order valence-corrected chi connectivity index (χ3v) is 10.0. The molecule has 11 heteroatoms. The number of fused-ring (bicyclic) bond motifs is 1. The lowest BCUT2D eigenvalue weighted by molar-refractivity contribution is -0.116. The highest BCUT2D eigenvalue weighted by atomic mass is 32.2. The van der Waals surface area contributed by atoms with Crippen molar-refractivity contribution < 1.29 is 14.4 Å². The number of carbonyl (C=O) groups is 3. The zero-order valence-electron chi connectivity index (χ0n) is 26.3. The van der Waals surface area contributed by atoms with Crippen LogP contribution in [0.15, 0.2) is 143 Å². The molecule has 0 aliphatic carbocycles. The molecule has 0 spiro atoms. The van der Waals surface area contributed by atoms with Crippen molar-refractivity contribution in [2.75, 3.05) is 16.4 Å². The molecule has 1 atom stereocenters. The van der Waals surface area contributed by atoms with E-state index in [9.17, 15) is 14.4 Å². The number of anilines is 2. The summed E-state index contributed by atoms with van der Waals surface area (Å²) in [5.74, 6) is -0.243. The minimum atomic E-state index is -0.559. The zero-order chi connectivity index (χ0) is 34.0. The standard InChI is InChI=1S/C38H31N5O3S3/c1-2-47-38-42-37(49-43-38)41-36(46)33(26-13-5-3-6-14-26)48-30-22-20-29(21-23-30)39-35(45)32(40-34(44)27-15-7-4-8-16-27)24-28-18-11-17-25-12-9-10-19-31(25)28/h3-24,33H,2H2,1H3,(H,39,45)(H,40,44)(H,41,42,43,46)/b32-24-. The highest BCUT2D eigenvalue weighted by Crippen LogP contribution is 2.37. The average Bonchev–Trinajstić information content (AvgIpc) is 3.58. The van der Waals surface area contributed by atoms with Crippen molar-refractivity contribution in [2.45, 2.75) is 22.2 Å². The molecule has 8 nitrogen and oxygen atoms in total. The Hall–Kier alpha value is -5.23. The van der Waals surface area contributed by atoms with Crippen LogP contribution in [-0.4, -0.2) is 32.8 Å². The number of hydrogen-bond acceptors (Lipinski definition) is 8. The number of nitrogens with zero attached hydrogens (tertiary/aromatic N) is 2. The fourth-order valence-corrected chi connectivity index (χ4v) is 7.24. The average molecular weight is 702 g/mol. The molecule has 6 aromatic rings. The molecular formula is C38H31N5O3S3. The number of benzene rings is 5. The van der Waals surface area contributed by atoms with Gasteiger partial charge in [0.05, 0.1) is 0 Å². The summed E-state index contributed by atoms with van der Waals surface area (Å²) in [5, 5.41) is 11.2. The van der Waals surface area contributed by atoms with Gasteiger partial charge in [-0.1, -0.05) is 110 Å². The van der Waals surface area contributed by atoms with E-state index in [-0.39, 0.29) is 11.6 Å². The number of amides is 3. The summed E-state index contributed by atoms with van der Waals surface area (Å²) in [5.41, 5.74) is 2.70. The minimum Gasteiger partial charge on any atom is -0.321 e. The monoisotopic (exact) mass is 701 g/mol. The van der Waals surface area contributed by atoms with Crippen molar-refractivity contribution in [1.82, 2.24) is 14.7 Å². The quantitative estimate of drug-likeness (QED) is 0.0865. The van der Waals surface area contributed by atoms with Gasteiger partial charge in [0.15, 0.2) is 0 Å². The van der Waals surface area contributed by atoms with Crippen LogP contribution in [0.3, 0.4) is 0 Å². The molecule has 244 valence electrons. The largest absolute Gasteiger partial charge is 0.321 e. The van der Waals surface area contributed by atoms with E-state index in [0.29, 0.717) is 21.5 Å². The van der Waals surface area contributed by atoms with Crippen molar-refractivity contribution >= 4 is 80.4 Å². The molecule has 1 heterocycles. The molecule has 0 saturated heterocycles. The molecule has 0 bridgehead atoms. The van der Waals surface area contributed by atoms with E-state index in [1.165, 1.54) is 23.5 Å². The first-order valence-electron chi connectivity index (χ1n) is 15.4. The SMILES string of the molecule is CCSc1nsc(NC(=O)C(Sc2ccc(NC(=O)/C(=C/c3cccc4ccccc34)NC(=O)c3ccccc3)cc2)c2ccccc2)n1. The molecule has 3 amide bonds. The molecule has 49 heavy (non-hydrogen) atoms. The van der Waals surface area contributed by atoms with Gasteiger partial charge in [-0.3, -0.25) is 19.7 Å². The Balaban J connectivity index is 1.21. The Morgan fingerprint density at radius 1 is 0.796 bits per heavy atom. The summed E-state index contributed by atoms with van der Waals surface area (Å²) >= 11 is 4.06. The van der Waals surface area contributed by atoms with Crippen LogP contribution in [0.2, 0.25) is 0 Å². The van der Waals surface area contributed by atoms with Crippen LogP contribution < -0.4 is 16.0 Å². The fraction of sp³-hybridized carbons (Fsp3) is 0.0789. The molecule has 0 saturated carbocycles. The first-order chi connectivity index (χ1) is 24.0. The molecule has 5 aromatic carbocycles. The molecule has 6 rings (SSSR count). The zero-order valence-corrected chi connectivity index (χ0v) is 28.8. The summed E-state index contributed by atoms with van der Waals surface area (Å²) in [7, 11) is 0. The van der Waals surface area contributed by atoms with Crippen molar-refractivity contribution in [1.29, 1.82) is 0 Å². The Labute approximate surface area is 296 Å². The predicted octanol–water partition coefficient (Wildman–Crippen LogP) is 8.69. The maximum atomic E-state index is 13.7. The predicted molar refractivity (Wildman–Crippen MR) is 201 cm³/mol. The smallest absolute Gasteiger partial charge is 0.272 e. The van der Waals surface area contributed by atoms with Crippen molar-refractivity contribution in [3.05, 3.63) is 150 Å². The Kier molecular flexibility index (Phi) is 11.2. The third-order valence-electron chi connectivity index (χ3n) is 7.27. The van der Waals surface area contributed by atoms with Gasteiger partial charge < -0.3 is 10.6 Å². The second-order valence-corrected chi connectivity index (χ2v) is 13.8. The lowest BCUT2D eigenvalue weighted by atomic mass is 10.0. The first kappa shape index (κ1) is 33.7. The molecule has 0 aliphatic heterocycles. The summed E-state index contributed by atoms with van der Waals surface area (Å²) in [6, 6.07) is 39.2. The van der Waals surface area contributed by atoms with E-state index in [2.05, 4.69) is 25.3 Å². The van der Waals surface area contributed by atoms with Gasteiger partial charge >= 0.3 is 0 Å². The lowest BCUT2D eigenvalue weighted by Gasteiger charge is -2.16. The normalized spacial score (nSPS) is 11.9. The Morgan fingerprint density at radius 2 is 1.49 bits per heavy atom. The minimum absolute atomic E-state index is 0.0987. The molecule has 0 fully saturated rings. The van der Waals surface area contributed by atoms with Crippen molar-refractivity contribution in [2.24, 2.45) is 0 Å². The first-order valence-corrected chi connectivity index (χ1v) is 18.1. The number of aromatic nitrogens is 2. The molecular weight excluding hydrogens is 671 g/mol. The van der Waals surface area contributed by atoms with Gasteiger partial charge in [-0.05, 0) is 70.1 Å². The summed E-state index contributed by atoms with van der Waals surface area (Å²) in [6.07, 6.45) is 1.69. The van der Waals surface area contributed by atoms with E-state index >= 15 is 0 Å². The summed E-state index contributed by atoms with van der Waals surface area (Å²) in [4.78, 5) is 45.6. The van der Waals surface area contributed by atoms with Gasteiger partial charge in [0.1, 0.15) is 10.9 Å². The molecule has 1 unspecified atom stereocenters. The van der Waals surface area contributed by atoms with Gasteiger partial charge in [0.2, 0.25) is 16.2 Å². The number of hydrogen-bond donors (Lipinski definition) is 3. The Bertz CT molecular complexity index is 2100. The van der Waals surface area contributed by atoms with Crippen LogP contribution in [0.4, 0.5) is 10.8 Å². The highest BCUT2D eigenvalue weighted by molar-refractivity contribution is 8.00. The fourth-order valence-electron chi connectivity index (χ4n) is 4.95. The topological polar surface area (TPSA) is 113 Å². The van der Waals surface area contributed by atoms with E-state index in [4.69, 9.17) is 0 Å². The van der Waals surface area contributed by atoms with Gasteiger partial charge in [0, 0.05) is 27.7 Å². The number of nitrogens with one attached hydrogen (secondary N) is 3. The Morgan fingerprint density at radius 3 is 2.24 bits per heavy atom. The molecule has 0 aliphatic rings. The molecule has 0 radical (unpaired) electrons. The van der Waals surface area contributed by atoms with E-state index in [1.54, 1.807) is 42.5 Å². The lowest BCUT2D eigenvalue weighted by Crippen LogP contribution is -2.30.